The normalized spacial score (nSPS) is 17.8. The van der Waals surface area contributed by atoms with Crippen LogP contribution in [0.4, 0.5) is 4.39 Å². The van der Waals surface area contributed by atoms with Gasteiger partial charge in [0.2, 0.25) is 11.8 Å². The maximum Gasteiger partial charge on any atom is 0.227 e. The first-order valence-electron chi connectivity index (χ1n) is 9.54. The lowest BCUT2D eigenvalue weighted by Gasteiger charge is -2.33. The SMILES string of the molecule is CC(NC(=O)C1CCCN(C(=O)Cc2ccc(F)cc2)C1)c1cccc(O)c1. The Morgan fingerprint density at radius 3 is 2.71 bits per heavy atom. The molecule has 2 aromatic carbocycles. The molecular formula is C22H25FN2O3. The summed E-state index contributed by atoms with van der Waals surface area (Å²) in [6.07, 6.45) is 1.71. The number of benzene rings is 2. The summed E-state index contributed by atoms with van der Waals surface area (Å²) in [7, 11) is 0. The lowest BCUT2D eigenvalue weighted by Crippen LogP contribution is -2.46. The molecule has 1 aliphatic rings. The third-order valence-corrected chi connectivity index (χ3v) is 5.14. The summed E-state index contributed by atoms with van der Waals surface area (Å²) < 4.78 is 13.0. The monoisotopic (exact) mass is 384 g/mol. The van der Waals surface area contributed by atoms with E-state index in [1.165, 1.54) is 12.1 Å². The quantitative estimate of drug-likeness (QED) is 0.832. The zero-order valence-electron chi connectivity index (χ0n) is 15.9. The van der Waals surface area contributed by atoms with Crippen LogP contribution in [0.15, 0.2) is 48.5 Å². The molecule has 2 unspecified atom stereocenters. The highest BCUT2D eigenvalue weighted by atomic mass is 19.1. The Hall–Kier alpha value is -2.89. The summed E-state index contributed by atoms with van der Waals surface area (Å²) in [5, 5.41) is 12.6. The Morgan fingerprint density at radius 2 is 2.00 bits per heavy atom. The van der Waals surface area contributed by atoms with Crippen molar-refractivity contribution < 1.29 is 19.1 Å². The van der Waals surface area contributed by atoms with E-state index in [-0.39, 0.29) is 41.8 Å². The van der Waals surface area contributed by atoms with Crippen LogP contribution < -0.4 is 5.32 Å². The largest absolute Gasteiger partial charge is 0.508 e. The van der Waals surface area contributed by atoms with Crippen molar-refractivity contribution in [1.82, 2.24) is 10.2 Å². The van der Waals surface area contributed by atoms with Crippen LogP contribution in [0.1, 0.15) is 36.9 Å². The van der Waals surface area contributed by atoms with Gasteiger partial charge in [-0.2, -0.15) is 0 Å². The topological polar surface area (TPSA) is 69.6 Å². The van der Waals surface area contributed by atoms with Crippen LogP contribution in [-0.2, 0) is 16.0 Å². The first-order valence-corrected chi connectivity index (χ1v) is 9.54. The second-order valence-electron chi connectivity index (χ2n) is 7.31. The smallest absolute Gasteiger partial charge is 0.227 e. The zero-order valence-corrected chi connectivity index (χ0v) is 15.9. The molecule has 0 radical (unpaired) electrons. The van der Waals surface area contributed by atoms with Crippen LogP contribution in [0, 0.1) is 11.7 Å². The molecule has 0 aromatic heterocycles. The van der Waals surface area contributed by atoms with Gasteiger partial charge < -0.3 is 15.3 Å². The number of hydrogen-bond donors (Lipinski definition) is 2. The van der Waals surface area contributed by atoms with Crippen molar-refractivity contribution in [2.75, 3.05) is 13.1 Å². The van der Waals surface area contributed by atoms with Crippen molar-refractivity contribution in [3.05, 3.63) is 65.5 Å². The van der Waals surface area contributed by atoms with E-state index >= 15 is 0 Å². The van der Waals surface area contributed by atoms with Crippen molar-refractivity contribution in [1.29, 1.82) is 0 Å². The Labute approximate surface area is 164 Å². The lowest BCUT2D eigenvalue weighted by molar-refractivity contribution is -0.135. The first kappa shape index (κ1) is 19.9. The van der Waals surface area contributed by atoms with E-state index in [1.54, 1.807) is 35.2 Å². The van der Waals surface area contributed by atoms with Crippen LogP contribution in [0.5, 0.6) is 5.75 Å². The summed E-state index contributed by atoms with van der Waals surface area (Å²) in [6.45, 7) is 2.89. The number of aromatic hydroxyl groups is 1. The third-order valence-electron chi connectivity index (χ3n) is 5.14. The number of phenols is 1. The zero-order chi connectivity index (χ0) is 20.1. The fraction of sp³-hybridized carbons (Fsp3) is 0.364. The molecule has 0 saturated carbocycles. The van der Waals surface area contributed by atoms with Crippen molar-refractivity contribution in [2.24, 2.45) is 5.92 Å². The standard InChI is InChI=1S/C22H25FN2O3/c1-15(17-4-2-6-20(26)13-17)24-22(28)18-5-3-11-25(14-18)21(27)12-16-7-9-19(23)10-8-16/h2,4,6-10,13,15,18,26H,3,5,11-12,14H2,1H3,(H,24,28). The molecule has 1 saturated heterocycles. The van der Waals surface area contributed by atoms with Gasteiger partial charge in [-0.15, -0.1) is 0 Å². The van der Waals surface area contributed by atoms with Crippen molar-refractivity contribution in [2.45, 2.75) is 32.2 Å². The maximum absolute atomic E-state index is 13.0. The van der Waals surface area contributed by atoms with E-state index in [1.807, 2.05) is 13.0 Å². The minimum absolute atomic E-state index is 0.0508. The number of nitrogens with zero attached hydrogens (tertiary/aromatic N) is 1. The van der Waals surface area contributed by atoms with Crippen LogP contribution in [-0.4, -0.2) is 34.9 Å². The summed E-state index contributed by atoms with van der Waals surface area (Å²) in [4.78, 5) is 27.0. The summed E-state index contributed by atoms with van der Waals surface area (Å²) in [5.74, 6) is -0.563. The molecule has 5 nitrogen and oxygen atoms in total. The molecule has 28 heavy (non-hydrogen) atoms. The number of carbonyl (C=O) groups excluding carboxylic acids is 2. The number of hydrogen-bond acceptors (Lipinski definition) is 3. The molecule has 2 atom stereocenters. The highest BCUT2D eigenvalue weighted by molar-refractivity contribution is 5.82. The average Bonchev–Trinajstić information content (AvgIpc) is 2.69. The molecule has 0 spiro atoms. The number of phenolic OH excluding ortho intramolecular Hbond substituents is 1. The summed E-state index contributed by atoms with van der Waals surface area (Å²) in [5.41, 5.74) is 1.59. The van der Waals surface area contributed by atoms with E-state index in [0.29, 0.717) is 13.1 Å². The first-order chi connectivity index (χ1) is 13.4. The predicted octanol–water partition coefficient (Wildman–Crippen LogP) is 3.19. The van der Waals surface area contributed by atoms with Gasteiger partial charge in [-0.25, -0.2) is 4.39 Å². The van der Waals surface area contributed by atoms with Gasteiger partial charge in [-0.3, -0.25) is 9.59 Å². The van der Waals surface area contributed by atoms with Gasteiger partial charge in [0.25, 0.3) is 0 Å². The number of halogens is 1. The van der Waals surface area contributed by atoms with E-state index in [0.717, 1.165) is 24.0 Å². The van der Waals surface area contributed by atoms with Gasteiger partial charge in [-0.1, -0.05) is 24.3 Å². The Bertz CT molecular complexity index is 838. The van der Waals surface area contributed by atoms with Gasteiger partial charge in [0.1, 0.15) is 11.6 Å². The Kier molecular flexibility index (Phi) is 6.29. The molecule has 2 N–H and O–H groups in total. The number of piperidine rings is 1. The number of rotatable bonds is 5. The van der Waals surface area contributed by atoms with E-state index < -0.39 is 0 Å². The molecule has 148 valence electrons. The fourth-order valence-electron chi connectivity index (χ4n) is 3.52. The van der Waals surface area contributed by atoms with Crippen molar-refractivity contribution >= 4 is 11.8 Å². The predicted molar refractivity (Wildman–Crippen MR) is 104 cm³/mol. The second kappa shape index (κ2) is 8.87. The highest BCUT2D eigenvalue weighted by Gasteiger charge is 2.29. The summed E-state index contributed by atoms with van der Waals surface area (Å²) in [6, 6.07) is 12.5. The van der Waals surface area contributed by atoms with Crippen LogP contribution >= 0.6 is 0 Å². The molecule has 0 aliphatic carbocycles. The molecular weight excluding hydrogens is 359 g/mol. The molecule has 0 bridgehead atoms. The van der Waals surface area contributed by atoms with Gasteiger partial charge >= 0.3 is 0 Å². The molecule has 6 heteroatoms. The van der Waals surface area contributed by atoms with E-state index in [4.69, 9.17) is 0 Å². The molecule has 3 rings (SSSR count). The molecule has 2 amide bonds. The lowest BCUT2D eigenvalue weighted by atomic mass is 9.95. The number of nitrogens with one attached hydrogen (secondary N) is 1. The van der Waals surface area contributed by atoms with Crippen molar-refractivity contribution in [3.8, 4) is 5.75 Å². The third kappa shape index (κ3) is 5.09. The minimum Gasteiger partial charge on any atom is -0.508 e. The Balaban J connectivity index is 1.56. The van der Waals surface area contributed by atoms with Crippen LogP contribution in [0.2, 0.25) is 0 Å². The van der Waals surface area contributed by atoms with Crippen LogP contribution in [0.3, 0.4) is 0 Å². The van der Waals surface area contributed by atoms with E-state index in [9.17, 15) is 19.1 Å². The average molecular weight is 384 g/mol. The molecule has 2 aromatic rings. The molecule has 1 heterocycles. The summed E-state index contributed by atoms with van der Waals surface area (Å²) >= 11 is 0. The molecule has 1 fully saturated rings. The minimum atomic E-state index is -0.327. The second-order valence-corrected chi connectivity index (χ2v) is 7.31. The number of carbonyl (C=O) groups is 2. The Morgan fingerprint density at radius 1 is 1.25 bits per heavy atom. The van der Waals surface area contributed by atoms with Gasteiger partial charge in [0, 0.05) is 13.1 Å². The van der Waals surface area contributed by atoms with Gasteiger partial charge in [0.15, 0.2) is 0 Å². The number of likely N-dealkylation sites (tertiary alicyclic amines) is 1. The highest BCUT2D eigenvalue weighted by Crippen LogP contribution is 2.21. The fourth-order valence-corrected chi connectivity index (χ4v) is 3.52. The van der Waals surface area contributed by atoms with Crippen molar-refractivity contribution in [3.63, 3.8) is 0 Å². The van der Waals surface area contributed by atoms with E-state index in [2.05, 4.69) is 5.32 Å². The van der Waals surface area contributed by atoms with Gasteiger partial charge in [-0.05, 0) is 55.2 Å². The van der Waals surface area contributed by atoms with Crippen LogP contribution in [0.25, 0.3) is 0 Å². The molecule has 1 aliphatic heterocycles. The maximum atomic E-state index is 13.0. The van der Waals surface area contributed by atoms with Gasteiger partial charge in [0.05, 0.1) is 18.4 Å². The number of amides is 2.